The smallest absolute Gasteiger partial charge is 0.119 e. The minimum atomic E-state index is -0.227. The summed E-state index contributed by atoms with van der Waals surface area (Å²) in [7, 11) is 0. The second-order valence-corrected chi connectivity index (χ2v) is 5.66. The zero-order chi connectivity index (χ0) is 14.3. The van der Waals surface area contributed by atoms with Crippen molar-refractivity contribution in [3.63, 3.8) is 0 Å². The van der Waals surface area contributed by atoms with Crippen LogP contribution in [0.3, 0.4) is 0 Å². The summed E-state index contributed by atoms with van der Waals surface area (Å²) in [6, 6.07) is 10.3. The molecule has 2 N–H and O–H groups in total. The third kappa shape index (κ3) is 5.76. The maximum absolute atomic E-state index is 8.92. The van der Waals surface area contributed by atoms with Crippen LogP contribution in [-0.4, -0.2) is 6.61 Å². The van der Waals surface area contributed by atoms with Gasteiger partial charge in [0.2, 0.25) is 0 Å². The van der Waals surface area contributed by atoms with Crippen molar-refractivity contribution in [2.75, 3.05) is 6.61 Å². The molecule has 3 nitrogen and oxygen atoms in total. The molecule has 3 heteroatoms. The lowest BCUT2D eigenvalue weighted by Gasteiger charge is -2.14. The lowest BCUT2D eigenvalue weighted by molar-refractivity contribution is 0.294. The SMILES string of the molecule is C[C@H](N)c1cccc(OCCCCC(C)(C)C#N)c1. The van der Waals surface area contributed by atoms with E-state index in [9.17, 15) is 0 Å². The summed E-state index contributed by atoms with van der Waals surface area (Å²) in [4.78, 5) is 0. The summed E-state index contributed by atoms with van der Waals surface area (Å²) < 4.78 is 5.71. The van der Waals surface area contributed by atoms with E-state index in [1.54, 1.807) is 0 Å². The van der Waals surface area contributed by atoms with Gasteiger partial charge in [-0.05, 0) is 57.7 Å². The molecule has 0 saturated carbocycles. The highest BCUT2D eigenvalue weighted by atomic mass is 16.5. The Hall–Kier alpha value is -1.53. The standard InChI is InChI=1S/C16H24N2O/c1-13(18)14-7-6-8-15(11-14)19-10-5-4-9-16(2,3)12-17/h6-8,11,13H,4-5,9-10,18H2,1-3H3/t13-/m0/s1. The number of unbranched alkanes of at least 4 members (excludes halogenated alkanes) is 1. The van der Waals surface area contributed by atoms with Crippen molar-refractivity contribution in [1.29, 1.82) is 5.26 Å². The van der Waals surface area contributed by atoms with Gasteiger partial charge in [0.25, 0.3) is 0 Å². The van der Waals surface area contributed by atoms with Crippen LogP contribution in [0.5, 0.6) is 5.75 Å². The van der Waals surface area contributed by atoms with Crippen LogP contribution in [0.4, 0.5) is 0 Å². The van der Waals surface area contributed by atoms with Crippen LogP contribution in [0.15, 0.2) is 24.3 Å². The van der Waals surface area contributed by atoms with Gasteiger partial charge in [0.15, 0.2) is 0 Å². The number of nitriles is 1. The Kier molecular flexibility index (Phi) is 5.85. The maximum atomic E-state index is 8.92. The number of rotatable bonds is 7. The Morgan fingerprint density at radius 1 is 1.37 bits per heavy atom. The van der Waals surface area contributed by atoms with Gasteiger partial charge in [0.05, 0.1) is 18.1 Å². The molecule has 0 amide bonds. The fourth-order valence-electron chi connectivity index (χ4n) is 1.80. The number of hydrogen-bond acceptors (Lipinski definition) is 3. The van der Waals surface area contributed by atoms with Crippen molar-refractivity contribution >= 4 is 0 Å². The van der Waals surface area contributed by atoms with Crippen LogP contribution < -0.4 is 10.5 Å². The van der Waals surface area contributed by atoms with E-state index in [0.29, 0.717) is 6.61 Å². The van der Waals surface area contributed by atoms with Gasteiger partial charge in [-0.15, -0.1) is 0 Å². The summed E-state index contributed by atoms with van der Waals surface area (Å²) in [6.07, 6.45) is 2.88. The molecule has 0 spiro atoms. The predicted octanol–water partition coefficient (Wildman–Crippen LogP) is 3.81. The second kappa shape index (κ2) is 7.16. The molecule has 1 rings (SSSR count). The first-order chi connectivity index (χ1) is 8.94. The van der Waals surface area contributed by atoms with Crippen molar-refractivity contribution in [3.8, 4) is 11.8 Å². The third-order valence-corrected chi connectivity index (χ3v) is 3.15. The average Bonchev–Trinajstić information content (AvgIpc) is 2.38. The predicted molar refractivity (Wildman–Crippen MR) is 77.8 cm³/mol. The number of ether oxygens (including phenoxy) is 1. The molecule has 19 heavy (non-hydrogen) atoms. The molecule has 1 atom stereocenters. The summed E-state index contributed by atoms with van der Waals surface area (Å²) in [6.45, 7) is 6.59. The van der Waals surface area contributed by atoms with Gasteiger partial charge in [-0.25, -0.2) is 0 Å². The average molecular weight is 260 g/mol. The van der Waals surface area contributed by atoms with E-state index in [2.05, 4.69) is 6.07 Å². The molecule has 0 aliphatic carbocycles. The molecular formula is C16H24N2O. The van der Waals surface area contributed by atoms with E-state index in [-0.39, 0.29) is 11.5 Å². The monoisotopic (exact) mass is 260 g/mol. The molecule has 0 radical (unpaired) electrons. The second-order valence-electron chi connectivity index (χ2n) is 5.66. The third-order valence-electron chi connectivity index (χ3n) is 3.15. The van der Waals surface area contributed by atoms with Gasteiger partial charge in [-0.1, -0.05) is 12.1 Å². The molecular weight excluding hydrogens is 236 g/mol. The van der Waals surface area contributed by atoms with E-state index in [4.69, 9.17) is 15.7 Å². The fourth-order valence-corrected chi connectivity index (χ4v) is 1.80. The zero-order valence-corrected chi connectivity index (χ0v) is 12.1. The van der Waals surface area contributed by atoms with E-state index in [1.807, 2.05) is 45.0 Å². The Morgan fingerprint density at radius 3 is 2.74 bits per heavy atom. The van der Waals surface area contributed by atoms with Crippen molar-refractivity contribution in [1.82, 2.24) is 0 Å². The van der Waals surface area contributed by atoms with Crippen LogP contribution in [0, 0.1) is 16.7 Å². The van der Waals surface area contributed by atoms with Crippen LogP contribution in [0.25, 0.3) is 0 Å². The lowest BCUT2D eigenvalue weighted by Crippen LogP contribution is -2.08. The zero-order valence-electron chi connectivity index (χ0n) is 12.1. The largest absolute Gasteiger partial charge is 0.494 e. The van der Waals surface area contributed by atoms with Gasteiger partial charge >= 0.3 is 0 Å². The van der Waals surface area contributed by atoms with Gasteiger partial charge in [0, 0.05) is 6.04 Å². The van der Waals surface area contributed by atoms with Crippen molar-refractivity contribution in [2.24, 2.45) is 11.1 Å². The number of benzene rings is 1. The molecule has 0 heterocycles. The Labute approximate surface area is 116 Å². The first-order valence-corrected chi connectivity index (χ1v) is 6.84. The summed E-state index contributed by atoms with van der Waals surface area (Å²) >= 11 is 0. The van der Waals surface area contributed by atoms with Gasteiger partial charge in [-0.3, -0.25) is 0 Å². The molecule has 1 aromatic carbocycles. The van der Waals surface area contributed by atoms with Crippen LogP contribution in [0.1, 0.15) is 51.6 Å². The van der Waals surface area contributed by atoms with Crippen LogP contribution in [0.2, 0.25) is 0 Å². The summed E-state index contributed by atoms with van der Waals surface area (Å²) in [5.41, 5.74) is 6.69. The summed E-state index contributed by atoms with van der Waals surface area (Å²) in [5, 5.41) is 8.92. The maximum Gasteiger partial charge on any atom is 0.119 e. The van der Waals surface area contributed by atoms with Gasteiger partial charge < -0.3 is 10.5 Å². The van der Waals surface area contributed by atoms with E-state index < -0.39 is 0 Å². The number of nitrogens with zero attached hydrogens (tertiary/aromatic N) is 1. The highest BCUT2D eigenvalue weighted by molar-refractivity contribution is 5.30. The van der Waals surface area contributed by atoms with E-state index in [0.717, 1.165) is 30.6 Å². The quantitative estimate of drug-likeness (QED) is 0.758. The van der Waals surface area contributed by atoms with E-state index >= 15 is 0 Å². The lowest BCUT2D eigenvalue weighted by atomic mass is 9.89. The van der Waals surface area contributed by atoms with Gasteiger partial charge in [0.1, 0.15) is 5.75 Å². The fraction of sp³-hybridized carbons (Fsp3) is 0.562. The Balaban J connectivity index is 2.30. The van der Waals surface area contributed by atoms with Crippen molar-refractivity contribution in [2.45, 2.75) is 46.1 Å². The molecule has 1 aromatic rings. The number of hydrogen-bond donors (Lipinski definition) is 1. The molecule has 0 bridgehead atoms. The van der Waals surface area contributed by atoms with Gasteiger partial charge in [-0.2, -0.15) is 5.26 Å². The first-order valence-electron chi connectivity index (χ1n) is 6.84. The topological polar surface area (TPSA) is 59.0 Å². The minimum Gasteiger partial charge on any atom is -0.494 e. The first kappa shape index (κ1) is 15.5. The van der Waals surface area contributed by atoms with Crippen LogP contribution in [-0.2, 0) is 0 Å². The highest BCUT2D eigenvalue weighted by Crippen LogP contribution is 2.22. The number of nitrogens with two attached hydrogens (primary N) is 1. The molecule has 0 aliphatic heterocycles. The van der Waals surface area contributed by atoms with E-state index in [1.165, 1.54) is 0 Å². The molecule has 0 saturated heterocycles. The van der Waals surface area contributed by atoms with Crippen molar-refractivity contribution < 1.29 is 4.74 Å². The minimum absolute atomic E-state index is 0.0278. The molecule has 0 aromatic heterocycles. The van der Waals surface area contributed by atoms with Crippen molar-refractivity contribution in [3.05, 3.63) is 29.8 Å². The Bertz CT molecular complexity index is 433. The highest BCUT2D eigenvalue weighted by Gasteiger charge is 2.15. The normalized spacial score (nSPS) is 12.8. The molecule has 104 valence electrons. The molecule has 0 aliphatic rings. The van der Waals surface area contributed by atoms with Crippen LogP contribution >= 0.6 is 0 Å². The Morgan fingerprint density at radius 2 is 2.11 bits per heavy atom. The summed E-state index contributed by atoms with van der Waals surface area (Å²) in [5.74, 6) is 0.870. The molecule has 0 unspecified atom stereocenters. The molecule has 0 fully saturated rings.